The largest absolute Gasteiger partial charge is 0.349 e. The molecule has 2 rings (SSSR count). The van der Waals surface area contributed by atoms with Crippen LogP contribution in [0.5, 0.6) is 0 Å². The third-order valence-electron chi connectivity index (χ3n) is 3.36. The minimum Gasteiger partial charge on any atom is -0.349 e. The Morgan fingerprint density at radius 2 is 2.05 bits per heavy atom. The number of nitrogens with zero attached hydrogens (tertiary/aromatic N) is 1. The summed E-state index contributed by atoms with van der Waals surface area (Å²) < 4.78 is 22.7. The van der Waals surface area contributed by atoms with Gasteiger partial charge in [-0.05, 0) is 31.4 Å². The number of hydrogen-bond acceptors (Lipinski definition) is 4. The van der Waals surface area contributed by atoms with Crippen LogP contribution in [0.4, 0.5) is 0 Å². The molecule has 1 fully saturated rings. The molecule has 1 N–H and O–H groups in total. The molecule has 0 atom stereocenters. The average Bonchev–Trinajstić information content (AvgIpc) is 2.40. The zero-order valence-electron chi connectivity index (χ0n) is 11.2. The van der Waals surface area contributed by atoms with Gasteiger partial charge >= 0.3 is 0 Å². The Kier molecular flexibility index (Phi) is 4.65. The summed E-state index contributed by atoms with van der Waals surface area (Å²) in [6.07, 6.45) is 1.63. The van der Waals surface area contributed by atoms with Crippen molar-refractivity contribution >= 4 is 27.3 Å². The van der Waals surface area contributed by atoms with Gasteiger partial charge in [0, 0.05) is 17.3 Å². The predicted molar refractivity (Wildman–Crippen MR) is 77.8 cm³/mol. The van der Waals surface area contributed by atoms with Crippen LogP contribution in [0.1, 0.15) is 35.8 Å². The normalized spacial score (nSPS) is 18.7. The summed E-state index contributed by atoms with van der Waals surface area (Å²) in [5, 5.41) is 3.15. The highest BCUT2D eigenvalue weighted by Gasteiger charge is 2.25. The van der Waals surface area contributed by atoms with Crippen LogP contribution < -0.4 is 5.32 Å². The van der Waals surface area contributed by atoms with Crippen molar-refractivity contribution in [3.05, 3.63) is 28.5 Å². The van der Waals surface area contributed by atoms with Gasteiger partial charge in [0.15, 0.2) is 0 Å². The fourth-order valence-electron chi connectivity index (χ4n) is 2.17. The van der Waals surface area contributed by atoms with Gasteiger partial charge in [-0.15, -0.1) is 0 Å². The van der Waals surface area contributed by atoms with E-state index in [4.69, 9.17) is 11.6 Å². The Hall–Kier alpha value is -1.14. The Labute approximate surface area is 123 Å². The Balaban J connectivity index is 2.04. The summed E-state index contributed by atoms with van der Waals surface area (Å²) in [5.74, 6) is 0.0399. The van der Waals surface area contributed by atoms with Crippen LogP contribution in [-0.2, 0) is 16.3 Å². The van der Waals surface area contributed by atoms with Crippen LogP contribution in [-0.4, -0.2) is 36.9 Å². The topological polar surface area (TPSA) is 76.1 Å². The number of nitrogens with one attached hydrogen (secondary N) is 1. The van der Waals surface area contributed by atoms with Crippen molar-refractivity contribution in [2.24, 2.45) is 0 Å². The molecule has 1 aliphatic heterocycles. The number of sulfone groups is 1. The molecular formula is C13H17ClN2O3S. The molecule has 0 saturated carbocycles. The van der Waals surface area contributed by atoms with Crippen LogP contribution in [0.3, 0.4) is 0 Å². The molecule has 1 saturated heterocycles. The maximum atomic E-state index is 12.1. The van der Waals surface area contributed by atoms with E-state index in [2.05, 4.69) is 10.3 Å². The Morgan fingerprint density at radius 3 is 2.65 bits per heavy atom. The number of amides is 1. The maximum Gasteiger partial charge on any atom is 0.251 e. The number of halogens is 1. The second-order valence-corrected chi connectivity index (χ2v) is 7.61. The van der Waals surface area contributed by atoms with E-state index in [9.17, 15) is 13.2 Å². The van der Waals surface area contributed by atoms with Crippen molar-refractivity contribution in [2.75, 3.05) is 11.5 Å². The van der Waals surface area contributed by atoms with Crippen molar-refractivity contribution in [3.63, 3.8) is 0 Å². The molecule has 0 bridgehead atoms. The monoisotopic (exact) mass is 316 g/mol. The van der Waals surface area contributed by atoms with E-state index >= 15 is 0 Å². The molecule has 1 aliphatic rings. The van der Waals surface area contributed by atoms with E-state index in [-0.39, 0.29) is 23.5 Å². The van der Waals surface area contributed by atoms with Crippen LogP contribution in [0, 0.1) is 0 Å². The molecule has 2 heterocycles. The minimum atomic E-state index is -2.92. The molecule has 1 aromatic heterocycles. The summed E-state index contributed by atoms with van der Waals surface area (Å²) in [6, 6.07) is 3.14. The van der Waals surface area contributed by atoms with Crippen molar-refractivity contribution in [3.8, 4) is 0 Å². The van der Waals surface area contributed by atoms with Crippen LogP contribution in [0.15, 0.2) is 12.1 Å². The van der Waals surface area contributed by atoms with Gasteiger partial charge < -0.3 is 5.32 Å². The lowest BCUT2D eigenvalue weighted by molar-refractivity contribution is 0.0934. The van der Waals surface area contributed by atoms with E-state index in [1.54, 1.807) is 6.07 Å². The quantitative estimate of drug-likeness (QED) is 0.859. The van der Waals surface area contributed by atoms with Gasteiger partial charge in [0.25, 0.3) is 5.91 Å². The zero-order valence-corrected chi connectivity index (χ0v) is 12.8. The first-order valence-corrected chi connectivity index (χ1v) is 8.77. The highest BCUT2D eigenvalue weighted by atomic mass is 35.5. The molecule has 0 radical (unpaired) electrons. The summed E-state index contributed by atoms with van der Waals surface area (Å²) in [4.78, 5) is 16.3. The lowest BCUT2D eigenvalue weighted by atomic mass is 10.1. The molecule has 0 aliphatic carbocycles. The highest BCUT2D eigenvalue weighted by Crippen LogP contribution is 2.15. The fraction of sp³-hybridized carbons (Fsp3) is 0.538. The van der Waals surface area contributed by atoms with Crippen LogP contribution in [0.25, 0.3) is 0 Å². The molecule has 1 aromatic rings. The van der Waals surface area contributed by atoms with Crippen molar-refractivity contribution in [1.29, 1.82) is 0 Å². The Bertz CT molecular complexity index is 602. The number of hydrogen-bond donors (Lipinski definition) is 1. The number of aromatic nitrogens is 1. The number of rotatable bonds is 3. The smallest absolute Gasteiger partial charge is 0.251 e. The van der Waals surface area contributed by atoms with Gasteiger partial charge in [-0.1, -0.05) is 18.5 Å². The molecule has 0 aromatic carbocycles. The fourth-order valence-corrected chi connectivity index (χ4v) is 3.88. The van der Waals surface area contributed by atoms with E-state index in [0.717, 1.165) is 5.69 Å². The molecule has 0 spiro atoms. The molecule has 110 valence electrons. The predicted octanol–water partition coefficient (Wildman–Crippen LogP) is 1.60. The second kappa shape index (κ2) is 6.10. The number of carbonyl (C=O) groups excluding carboxylic acids is 1. The van der Waals surface area contributed by atoms with Gasteiger partial charge in [-0.3, -0.25) is 4.79 Å². The third-order valence-corrected chi connectivity index (χ3v) is 5.27. The van der Waals surface area contributed by atoms with Gasteiger partial charge in [0.05, 0.1) is 11.5 Å². The molecule has 20 heavy (non-hydrogen) atoms. The van der Waals surface area contributed by atoms with Crippen LogP contribution in [0.2, 0.25) is 5.15 Å². The van der Waals surface area contributed by atoms with E-state index in [1.807, 2.05) is 6.92 Å². The SMILES string of the molecule is CCc1cc(C(=O)NC2CCS(=O)(=O)CC2)cc(Cl)n1. The number of pyridine rings is 1. The van der Waals surface area contributed by atoms with E-state index < -0.39 is 9.84 Å². The van der Waals surface area contributed by atoms with Gasteiger partial charge in [0.2, 0.25) is 0 Å². The lowest BCUT2D eigenvalue weighted by Gasteiger charge is -2.23. The maximum absolute atomic E-state index is 12.1. The van der Waals surface area contributed by atoms with E-state index in [0.29, 0.717) is 30.0 Å². The lowest BCUT2D eigenvalue weighted by Crippen LogP contribution is -2.40. The van der Waals surface area contributed by atoms with Crippen molar-refractivity contribution in [2.45, 2.75) is 32.2 Å². The van der Waals surface area contributed by atoms with Gasteiger partial charge in [-0.2, -0.15) is 0 Å². The summed E-state index contributed by atoms with van der Waals surface area (Å²) >= 11 is 5.88. The highest BCUT2D eigenvalue weighted by molar-refractivity contribution is 7.91. The molecule has 7 heteroatoms. The van der Waals surface area contributed by atoms with Gasteiger partial charge in [-0.25, -0.2) is 13.4 Å². The second-order valence-electron chi connectivity index (χ2n) is 4.92. The standard InChI is InChI=1S/C13H17ClN2O3S/c1-2-10-7-9(8-12(14)15-10)13(17)16-11-3-5-20(18,19)6-4-11/h7-8,11H,2-6H2,1H3,(H,16,17). The molecule has 0 unspecified atom stereocenters. The summed E-state index contributed by atoms with van der Waals surface area (Å²) in [5.41, 5.74) is 1.23. The molecule has 5 nitrogen and oxygen atoms in total. The average molecular weight is 317 g/mol. The summed E-state index contributed by atoms with van der Waals surface area (Å²) in [7, 11) is -2.92. The number of carbonyl (C=O) groups is 1. The first-order valence-electron chi connectivity index (χ1n) is 6.57. The third kappa shape index (κ3) is 3.93. The van der Waals surface area contributed by atoms with Crippen molar-refractivity contribution < 1.29 is 13.2 Å². The van der Waals surface area contributed by atoms with E-state index in [1.165, 1.54) is 6.07 Å². The zero-order chi connectivity index (χ0) is 14.8. The summed E-state index contributed by atoms with van der Waals surface area (Å²) in [6.45, 7) is 1.94. The molecule has 1 amide bonds. The van der Waals surface area contributed by atoms with Crippen molar-refractivity contribution in [1.82, 2.24) is 10.3 Å². The van der Waals surface area contributed by atoms with Crippen LogP contribution >= 0.6 is 11.6 Å². The number of aryl methyl sites for hydroxylation is 1. The first-order chi connectivity index (χ1) is 9.39. The minimum absolute atomic E-state index is 0.0944. The molecular weight excluding hydrogens is 300 g/mol. The first kappa shape index (κ1) is 15.3. The van der Waals surface area contributed by atoms with Gasteiger partial charge in [0.1, 0.15) is 15.0 Å². The Morgan fingerprint density at radius 1 is 1.40 bits per heavy atom.